The van der Waals surface area contributed by atoms with Crippen LogP contribution in [-0.4, -0.2) is 50.9 Å². The van der Waals surface area contributed by atoms with E-state index in [0.29, 0.717) is 6.04 Å². The van der Waals surface area contributed by atoms with Gasteiger partial charge in [0.1, 0.15) is 0 Å². The Kier molecular flexibility index (Phi) is 34.6. The third-order valence-corrected chi connectivity index (χ3v) is 2.59. The fraction of sp³-hybridized carbons (Fsp3) is 0.500. The summed E-state index contributed by atoms with van der Waals surface area (Å²) in [6, 6.07) is 4.79. The summed E-state index contributed by atoms with van der Waals surface area (Å²) in [5, 5.41) is 0. The minimum absolute atomic E-state index is 0. The van der Waals surface area contributed by atoms with Crippen LogP contribution in [0.5, 0.6) is 0 Å². The largest absolute Gasteiger partial charge is 4.00 e. The van der Waals surface area contributed by atoms with E-state index in [-0.39, 0.29) is 58.3 Å². The summed E-state index contributed by atoms with van der Waals surface area (Å²) in [5.74, 6) is 0. The molecule has 0 saturated carbocycles. The summed E-state index contributed by atoms with van der Waals surface area (Å²) in [6.07, 6.45) is 6.41. The van der Waals surface area contributed by atoms with E-state index in [4.69, 9.17) is 0 Å². The van der Waals surface area contributed by atoms with Gasteiger partial charge in [0.05, 0.1) is 0 Å². The molecule has 6 N–H and O–H groups in total. The first-order valence-corrected chi connectivity index (χ1v) is 4.48. The maximum Gasteiger partial charge on any atom is 4.00 e. The van der Waals surface area contributed by atoms with Gasteiger partial charge in [-0.2, -0.15) is 9.90 Å². The summed E-state index contributed by atoms with van der Waals surface area (Å²) in [4.78, 5) is 6.54. The van der Waals surface area contributed by atoms with Crippen LogP contribution in [0, 0.1) is 0 Å². The summed E-state index contributed by atoms with van der Waals surface area (Å²) in [5.41, 5.74) is 1.36. The van der Waals surface area contributed by atoms with Crippen LogP contribution in [-0.2, 0) is 21.1 Å². The van der Waals surface area contributed by atoms with Crippen molar-refractivity contribution in [1.82, 2.24) is 9.88 Å². The second-order valence-corrected chi connectivity index (χ2v) is 3.42. The first-order valence-electron chi connectivity index (χ1n) is 4.48. The van der Waals surface area contributed by atoms with E-state index in [9.17, 15) is 0 Å². The molecule has 7 nitrogen and oxygen atoms in total. The molecule has 1 aromatic rings. The number of hydrogen-bond acceptors (Lipinski definition) is 6. The maximum atomic E-state index is 4.14. The van der Waals surface area contributed by atoms with Crippen LogP contribution >= 0.6 is 9.90 Å². The first-order chi connectivity index (χ1) is 5.88. The van der Waals surface area contributed by atoms with Crippen LogP contribution in [0.1, 0.15) is 24.4 Å². The van der Waals surface area contributed by atoms with Crippen LogP contribution in [0.25, 0.3) is 0 Å². The predicted molar refractivity (Wildman–Crippen MR) is 71.3 cm³/mol. The number of likely N-dealkylation sites (tertiary alicyclic amines) is 1. The Balaban J connectivity index is -0.0000000604. The number of pyridine rings is 1. The van der Waals surface area contributed by atoms with Gasteiger partial charge in [-0.05, 0) is 38.1 Å². The average Bonchev–Trinajstić information content (AvgIpc) is 2.53. The fourth-order valence-electron chi connectivity index (χ4n) is 1.90. The van der Waals surface area contributed by atoms with Crippen molar-refractivity contribution in [3.05, 3.63) is 30.1 Å². The molecule has 2 heterocycles. The molecule has 1 aliphatic heterocycles. The molecule has 2 unspecified atom stereocenters. The molecule has 19 heavy (non-hydrogen) atoms. The van der Waals surface area contributed by atoms with Crippen molar-refractivity contribution in [3.63, 3.8) is 0 Å². The quantitative estimate of drug-likeness (QED) is 0.505. The minimum atomic E-state index is 0. The first kappa shape index (κ1) is 36.4. The fourth-order valence-corrected chi connectivity index (χ4v) is 1.90. The van der Waals surface area contributed by atoms with Crippen molar-refractivity contribution in [1.29, 1.82) is 0 Å². The van der Waals surface area contributed by atoms with E-state index in [2.05, 4.69) is 23.0 Å². The maximum absolute atomic E-state index is 4.14. The smallest absolute Gasteiger partial charge is 0.870 e. The van der Waals surface area contributed by atoms with Gasteiger partial charge < -0.3 is 27.4 Å². The number of hydrogen-bond donors (Lipinski definition) is 0. The van der Waals surface area contributed by atoms with E-state index in [1.54, 1.807) is 0 Å². The van der Waals surface area contributed by atoms with E-state index < -0.39 is 0 Å². The second kappa shape index (κ2) is 18.0. The van der Waals surface area contributed by atoms with Gasteiger partial charge in [-0.25, -0.2) is 0 Å². The SMILES string of the molecule is CN1CCCC1c1cccnc1.O.P.[Mo+4].[OH-].[OH-].[OH-].[OH-]. The van der Waals surface area contributed by atoms with E-state index in [1.807, 2.05) is 18.5 Å². The summed E-state index contributed by atoms with van der Waals surface area (Å²) in [6.45, 7) is 1.22. The molecule has 0 bridgehead atoms. The number of nitrogens with zero attached hydrogens (tertiary/aromatic N) is 2. The molecule has 0 spiro atoms. The van der Waals surface area contributed by atoms with Crippen molar-refractivity contribution in [2.75, 3.05) is 13.6 Å². The molecular weight excluding hydrogens is 355 g/mol. The molecule has 2 atom stereocenters. The molecule has 0 radical (unpaired) electrons. The molecule has 114 valence electrons. The Morgan fingerprint density at radius 3 is 2.16 bits per heavy atom. The average molecular weight is 378 g/mol. The Morgan fingerprint density at radius 1 is 1.21 bits per heavy atom. The van der Waals surface area contributed by atoms with Crippen molar-refractivity contribution in [3.8, 4) is 0 Å². The van der Waals surface area contributed by atoms with Gasteiger partial charge in [0.15, 0.2) is 0 Å². The van der Waals surface area contributed by atoms with Gasteiger partial charge in [-0.3, -0.25) is 9.88 Å². The molecule has 1 saturated heterocycles. The van der Waals surface area contributed by atoms with Gasteiger partial charge in [0, 0.05) is 18.4 Å². The van der Waals surface area contributed by atoms with Gasteiger partial charge >= 0.3 is 21.1 Å². The van der Waals surface area contributed by atoms with Gasteiger partial charge in [0.25, 0.3) is 0 Å². The topological polar surface area (TPSA) is 168 Å². The van der Waals surface area contributed by atoms with E-state index in [0.717, 1.165) is 0 Å². The Labute approximate surface area is 131 Å². The zero-order chi connectivity index (χ0) is 8.39. The normalized spacial score (nSPS) is 15.5. The Morgan fingerprint density at radius 2 is 1.79 bits per heavy atom. The third-order valence-electron chi connectivity index (χ3n) is 2.59. The number of rotatable bonds is 1. The van der Waals surface area contributed by atoms with E-state index >= 15 is 0 Å². The number of aromatic nitrogens is 1. The van der Waals surface area contributed by atoms with Crippen LogP contribution in [0.15, 0.2) is 24.5 Å². The second-order valence-electron chi connectivity index (χ2n) is 3.42. The van der Waals surface area contributed by atoms with Gasteiger partial charge in [-0.1, -0.05) is 6.07 Å². The zero-order valence-electron chi connectivity index (χ0n) is 10.8. The zero-order valence-corrected chi connectivity index (χ0v) is 14.2. The van der Waals surface area contributed by atoms with Crippen LogP contribution in [0.4, 0.5) is 0 Å². The van der Waals surface area contributed by atoms with Crippen LogP contribution < -0.4 is 0 Å². The third kappa shape index (κ3) is 9.54. The Hall–Kier alpha value is 0.0283. The van der Waals surface area contributed by atoms with Crippen LogP contribution in [0.3, 0.4) is 0 Å². The van der Waals surface area contributed by atoms with Crippen molar-refractivity contribution < 1.29 is 48.4 Å². The molecule has 1 aliphatic rings. The van der Waals surface area contributed by atoms with Crippen molar-refractivity contribution in [2.24, 2.45) is 0 Å². The molecule has 1 fully saturated rings. The molecule has 2 rings (SSSR count). The molecule has 1 aromatic heterocycles. The minimum Gasteiger partial charge on any atom is -0.870 e. The summed E-state index contributed by atoms with van der Waals surface area (Å²) < 4.78 is 0. The standard InChI is InChI=1S/C10H14N2.Mo.5H2O.H3P/c1-12-7-3-5-10(12)9-4-2-6-11-8-9;;;;;;;/h2,4,6,8,10H,3,5,7H2,1H3;;5*1H2;1H3/q;+4;;;;;;/p-4. The van der Waals surface area contributed by atoms with Crippen LogP contribution in [0.2, 0.25) is 0 Å². The monoisotopic (exact) mass is 380 g/mol. The molecule has 0 aromatic carbocycles. The summed E-state index contributed by atoms with van der Waals surface area (Å²) in [7, 11) is 2.19. The van der Waals surface area contributed by atoms with Gasteiger partial charge in [0.2, 0.25) is 0 Å². The summed E-state index contributed by atoms with van der Waals surface area (Å²) >= 11 is 0. The molecule has 9 heteroatoms. The van der Waals surface area contributed by atoms with Gasteiger partial charge in [-0.15, -0.1) is 0 Å². The molecule has 0 amide bonds. The van der Waals surface area contributed by atoms with E-state index in [1.165, 1.54) is 24.9 Å². The van der Waals surface area contributed by atoms with Crippen molar-refractivity contribution >= 4 is 9.90 Å². The molecular formula is C10H23MoN2O5P. The predicted octanol–water partition coefficient (Wildman–Crippen LogP) is 0.372. The van der Waals surface area contributed by atoms with Crippen molar-refractivity contribution in [2.45, 2.75) is 18.9 Å². The molecule has 0 aliphatic carbocycles. The Bertz CT molecular complexity index is 271.